The summed E-state index contributed by atoms with van der Waals surface area (Å²) in [6.07, 6.45) is 2.88. The maximum Gasteiger partial charge on any atom is 0.163 e. The molecule has 0 spiro atoms. The van der Waals surface area contributed by atoms with Crippen molar-refractivity contribution in [3.63, 3.8) is 0 Å². The first kappa shape index (κ1) is 10.9. The first-order valence-corrected chi connectivity index (χ1v) is 4.77. The minimum absolute atomic E-state index is 0.0454. The molecule has 0 radical (unpaired) electrons. The molecule has 0 aliphatic carbocycles. The van der Waals surface area contributed by atoms with Crippen LogP contribution in [0.25, 0.3) is 0 Å². The molecule has 0 amide bonds. The van der Waals surface area contributed by atoms with Gasteiger partial charge in [-0.1, -0.05) is 0 Å². The molecule has 0 aliphatic rings. The number of ether oxygens (including phenoxy) is 1. The summed E-state index contributed by atoms with van der Waals surface area (Å²) in [5.74, 6) is -0.0229. The second-order valence-electron chi connectivity index (χ2n) is 3.27. The van der Waals surface area contributed by atoms with Gasteiger partial charge in [-0.3, -0.25) is 4.98 Å². The maximum absolute atomic E-state index is 13.2. The van der Waals surface area contributed by atoms with Crippen molar-refractivity contribution in [3.05, 3.63) is 48.0 Å². The van der Waals surface area contributed by atoms with Crippen LogP contribution >= 0.6 is 0 Å². The first-order chi connectivity index (χ1) is 8.20. The number of rotatable bonds is 2. The molecule has 0 atom stereocenters. The van der Waals surface area contributed by atoms with E-state index in [-0.39, 0.29) is 17.2 Å². The molecule has 1 aromatic carbocycles. The second kappa shape index (κ2) is 4.49. The summed E-state index contributed by atoms with van der Waals surface area (Å²) in [4.78, 5) is 3.83. The van der Waals surface area contributed by atoms with Gasteiger partial charge in [-0.05, 0) is 18.2 Å². The molecular weight excluding hydrogens is 221 g/mol. The van der Waals surface area contributed by atoms with Gasteiger partial charge in [0.05, 0.1) is 17.4 Å². The Morgan fingerprint density at radius 1 is 1.35 bits per heavy atom. The minimum atomic E-state index is -0.565. The van der Waals surface area contributed by atoms with Crippen LogP contribution in [0.5, 0.6) is 11.5 Å². The topological polar surface area (TPSA) is 71.9 Å². The van der Waals surface area contributed by atoms with Crippen LogP contribution in [0.4, 0.5) is 10.1 Å². The molecule has 4 nitrogen and oxygen atoms in total. The lowest BCUT2D eigenvalue weighted by atomic mass is 10.2. The van der Waals surface area contributed by atoms with E-state index in [0.29, 0.717) is 5.56 Å². The van der Waals surface area contributed by atoms with Gasteiger partial charge >= 0.3 is 0 Å². The number of nitrogens with zero attached hydrogens (tertiary/aromatic N) is 2. The summed E-state index contributed by atoms with van der Waals surface area (Å²) in [6.45, 7) is 0. The third-order valence-electron chi connectivity index (χ3n) is 2.10. The fourth-order valence-electron chi connectivity index (χ4n) is 1.25. The van der Waals surface area contributed by atoms with E-state index in [1.54, 1.807) is 0 Å². The molecule has 5 heteroatoms. The molecule has 0 saturated heterocycles. The Hall–Kier alpha value is -2.61. The number of nitriles is 1. The molecule has 2 N–H and O–H groups in total. The van der Waals surface area contributed by atoms with Crippen molar-refractivity contribution in [1.82, 2.24) is 4.98 Å². The predicted octanol–water partition coefficient (Wildman–Crippen LogP) is 2.47. The van der Waals surface area contributed by atoms with Crippen LogP contribution in [0.2, 0.25) is 0 Å². The van der Waals surface area contributed by atoms with E-state index in [4.69, 9.17) is 15.7 Å². The zero-order chi connectivity index (χ0) is 12.3. The van der Waals surface area contributed by atoms with Crippen molar-refractivity contribution >= 4 is 5.69 Å². The SMILES string of the molecule is N#Cc1ccncc1Oc1ccc(N)c(F)c1. The van der Waals surface area contributed by atoms with Crippen LogP contribution in [0.1, 0.15) is 5.56 Å². The van der Waals surface area contributed by atoms with Crippen molar-refractivity contribution in [2.24, 2.45) is 0 Å². The second-order valence-corrected chi connectivity index (χ2v) is 3.27. The van der Waals surface area contributed by atoms with Gasteiger partial charge in [0.1, 0.15) is 17.6 Å². The predicted molar refractivity (Wildman–Crippen MR) is 59.8 cm³/mol. The summed E-state index contributed by atoms with van der Waals surface area (Å²) in [6, 6.07) is 7.55. The summed E-state index contributed by atoms with van der Waals surface area (Å²) in [5.41, 5.74) is 5.72. The highest BCUT2D eigenvalue weighted by Gasteiger charge is 2.06. The van der Waals surface area contributed by atoms with Gasteiger partial charge in [0.2, 0.25) is 0 Å². The summed E-state index contributed by atoms with van der Waals surface area (Å²) in [7, 11) is 0. The van der Waals surface area contributed by atoms with E-state index in [2.05, 4.69) is 4.98 Å². The molecule has 0 aliphatic heterocycles. The number of halogens is 1. The largest absolute Gasteiger partial charge is 0.454 e. The Bertz CT molecular complexity index is 593. The number of hydrogen-bond acceptors (Lipinski definition) is 4. The molecule has 1 aromatic heterocycles. The van der Waals surface area contributed by atoms with Crippen LogP contribution in [0.15, 0.2) is 36.7 Å². The molecule has 0 fully saturated rings. The van der Waals surface area contributed by atoms with Gasteiger partial charge in [0.25, 0.3) is 0 Å². The Morgan fingerprint density at radius 3 is 2.88 bits per heavy atom. The van der Waals surface area contributed by atoms with E-state index in [1.807, 2.05) is 6.07 Å². The highest BCUT2D eigenvalue weighted by molar-refractivity contribution is 5.47. The fraction of sp³-hybridized carbons (Fsp3) is 0. The molecule has 2 rings (SSSR count). The number of hydrogen-bond donors (Lipinski definition) is 1. The minimum Gasteiger partial charge on any atom is -0.454 e. The van der Waals surface area contributed by atoms with Gasteiger partial charge in [-0.15, -0.1) is 0 Å². The van der Waals surface area contributed by atoms with Crippen molar-refractivity contribution in [2.45, 2.75) is 0 Å². The van der Waals surface area contributed by atoms with Crippen LogP contribution in [-0.2, 0) is 0 Å². The van der Waals surface area contributed by atoms with Gasteiger partial charge in [-0.25, -0.2) is 4.39 Å². The molecule has 2 aromatic rings. The van der Waals surface area contributed by atoms with Crippen LogP contribution in [0.3, 0.4) is 0 Å². The molecule has 0 saturated carbocycles. The number of pyridine rings is 1. The van der Waals surface area contributed by atoms with Gasteiger partial charge < -0.3 is 10.5 Å². The van der Waals surface area contributed by atoms with Crippen molar-refractivity contribution in [1.29, 1.82) is 5.26 Å². The highest BCUT2D eigenvalue weighted by Crippen LogP contribution is 2.25. The number of nitrogen functional groups attached to an aromatic ring is 1. The molecule has 0 unspecified atom stereocenters. The number of benzene rings is 1. The number of nitrogens with two attached hydrogens (primary N) is 1. The zero-order valence-electron chi connectivity index (χ0n) is 8.72. The van der Waals surface area contributed by atoms with Crippen molar-refractivity contribution < 1.29 is 9.13 Å². The van der Waals surface area contributed by atoms with Crippen LogP contribution in [-0.4, -0.2) is 4.98 Å². The van der Waals surface area contributed by atoms with Crippen molar-refractivity contribution in [3.8, 4) is 17.6 Å². The number of anilines is 1. The highest BCUT2D eigenvalue weighted by atomic mass is 19.1. The van der Waals surface area contributed by atoms with E-state index in [9.17, 15) is 4.39 Å². The monoisotopic (exact) mass is 229 g/mol. The van der Waals surface area contributed by atoms with E-state index >= 15 is 0 Å². The van der Waals surface area contributed by atoms with Crippen molar-refractivity contribution in [2.75, 3.05) is 5.73 Å². The lowest BCUT2D eigenvalue weighted by Gasteiger charge is -2.07. The molecular formula is C12H8FN3O. The Labute approximate surface area is 97.1 Å². The third-order valence-corrected chi connectivity index (χ3v) is 2.10. The number of aromatic nitrogens is 1. The summed E-state index contributed by atoms with van der Waals surface area (Å²) in [5, 5.41) is 8.84. The van der Waals surface area contributed by atoms with Crippen LogP contribution in [0, 0.1) is 17.1 Å². The van der Waals surface area contributed by atoms with E-state index in [1.165, 1.54) is 30.6 Å². The molecule has 1 heterocycles. The summed E-state index contributed by atoms with van der Waals surface area (Å²) < 4.78 is 18.5. The zero-order valence-corrected chi connectivity index (χ0v) is 8.72. The van der Waals surface area contributed by atoms with E-state index in [0.717, 1.165) is 6.07 Å². The maximum atomic E-state index is 13.2. The lowest BCUT2D eigenvalue weighted by Crippen LogP contribution is -1.93. The smallest absolute Gasteiger partial charge is 0.163 e. The molecule has 17 heavy (non-hydrogen) atoms. The average molecular weight is 229 g/mol. The fourth-order valence-corrected chi connectivity index (χ4v) is 1.25. The Kier molecular flexibility index (Phi) is 2.88. The third kappa shape index (κ3) is 2.32. The molecule has 84 valence electrons. The van der Waals surface area contributed by atoms with E-state index < -0.39 is 5.82 Å². The summed E-state index contributed by atoms with van der Waals surface area (Å²) >= 11 is 0. The first-order valence-electron chi connectivity index (χ1n) is 4.77. The van der Waals surface area contributed by atoms with Gasteiger partial charge in [0, 0.05) is 12.3 Å². The molecule has 0 bridgehead atoms. The normalized spacial score (nSPS) is 9.65. The standard InChI is InChI=1S/C12H8FN3O/c13-10-5-9(1-2-11(10)15)17-12-7-16-4-3-8(12)6-14/h1-5,7H,15H2. The quantitative estimate of drug-likeness (QED) is 0.803. The Balaban J connectivity index is 2.32. The van der Waals surface area contributed by atoms with Gasteiger partial charge in [-0.2, -0.15) is 5.26 Å². The van der Waals surface area contributed by atoms with Crippen LogP contribution < -0.4 is 10.5 Å². The average Bonchev–Trinajstić information content (AvgIpc) is 2.34. The lowest BCUT2D eigenvalue weighted by molar-refractivity contribution is 0.473. The Morgan fingerprint density at radius 2 is 2.18 bits per heavy atom. The van der Waals surface area contributed by atoms with Gasteiger partial charge in [0.15, 0.2) is 5.75 Å².